The van der Waals surface area contributed by atoms with Crippen molar-refractivity contribution in [3.8, 4) is 0 Å². The van der Waals surface area contributed by atoms with Crippen LogP contribution >= 0.6 is 11.6 Å². The van der Waals surface area contributed by atoms with Gasteiger partial charge in [0.2, 0.25) is 5.91 Å². The summed E-state index contributed by atoms with van der Waals surface area (Å²) in [5.74, 6) is 1.42. The van der Waals surface area contributed by atoms with E-state index in [2.05, 4.69) is 26.0 Å². The molecule has 1 amide bonds. The largest absolute Gasteiger partial charge is 0.342 e. The van der Waals surface area contributed by atoms with E-state index in [4.69, 9.17) is 11.6 Å². The van der Waals surface area contributed by atoms with Crippen molar-refractivity contribution in [3.63, 3.8) is 0 Å². The Labute approximate surface area is 127 Å². The molecule has 1 aromatic rings. The maximum Gasteiger partial charge on any atom is 0.225 e. The molecule has 0 spiro atoms. The second-order valence-electron chi connectivity index (χ2n) is 6.18. The second-order valence-corrected chi connectivity index (χ2v) is 6.62. The van der Waals surface area contributed by atoms with Gasteiger partial charge < -0.3 is 4.90 Å². The first-order valence-electron chi connectivity index (χ1n) is 7.53. The Bertz CT molecular complexity index is 447. The van der Waals surface area contributed by atoms with E-state index in [1.54, 1.807) is 0 Å². The molecule has 1 aliphatic rings. The summed E-state index contributed by atoms with van der Waals surface area (Å²) < 4.78 is 0. The summed E-state index contributed by atoms with van der Waals surface area (Å²) in [6.07, 6.45) is 2.11. The Morgan fingerprint density at radius 1 is 1.15 bits per heavy atom. The lowest BCUT2D eigenvalue weighted by Gasteiger charge is -2.34. The molecule has 1 saturated heterocycles. The minimum Gasteiger partial charge on any atom is -0.342 e. The highest BCUT2D eigenvalue weighted by Crippen LogP contribution is 2.29. The van der Waals surface area contributed by atoms with Gasteiger partial charge in [-0.25, -0.2) is 0 Å². The fourth-order valence-electron chi connectivity index (χ4n) is 2.74. The predicted octanol–water partition coefficient (Wildman–Crippen LogP) is 4.34. The number of hydrogen-bond donors (Lipinski definition) is 0. The summed E-state index contributed by atoms with van der Waals surface area (Å²) in [7, 11) is 0. The van der Waals surface area contributed by atoms with Gasteiger partial charge in [-0.3, -0.25) is 4.79 Å². The molecular weight excluding hydrogens is 270 g/mol. The molecule has 2 nitrogen and oxygen atoms in total. The summed E-state index contributed by atoms with van der Waals surface area (Å²) in [6, 6.07) is 8.13. The Kier molecular flexibility index (Phi) is 5.09. The fourth-order valence-corrected chi connectivity index (χ4v) is 2.87. The van der Waals surface area contributed by atoms with E-state index >= 15 is 0 Å². The highest BCUT2D eigenvalue weighted by Gasteiger charge is 2.27. The molecule has 2 rings (SSSR count). The number of likely N-dealkylation sites (tertiary alicyclic amines) is 1. The average Bonchev–Trinajstić information content (AvgIpc) is 2.46. The van der Waals surface area contributed by atoms with Crippen LogP contribution in [0.3, 0.4) is 0 Å². The summed E-state index contributed by atoms with van der Waals surface area (Å²) in [4.78, 5) is 14.4. The highest BCUT2D eigenvalue weighted by molar-refractivity contribution is 6.30. The maximum absolute atomic E-state index is 12.3. The van der Waals surface area contributed by atoms with Crippen LogP contribution in [-0.4, -0.2) is 23.9 Å². The van der Waals surface area contributed by atoms with E-state index in [1.807, 2.05) is 24.0 Å². The zero-order valence-electron chi connectivity index (χ0n) is 12.6. The van der Waals surface area contributed by atoms with E-state index in [1.165, 1.54) is 5.56 Å². The first-order chi connectivity index (χ1) is 9.49. The van der Waals surface area contributed by atoms with Gasteiger partial charge in [0.05, 0.1) is 0 Å². The lowest BCUT2D eigenvalue weighted by atomic mass is 9.88. The molecule has 1 aromatic carbocycles. The first-order valence-corrected chi connectivity index (χ1v) is 7.91. The number of piperidine rings is 1. The zero-order valence-corrected chi connectivity index (χ0v) is 13.4. The molecular formula is C17H24ClNO. The lowest BCUT2D eigenvalue weighted by Crippen LogP contribution is -2.41. The van der Waals surface area contributed by atoms with Crippen LogP contribution in [0.5, 0.6) is 0 Å². The fraction of sp³-hybridized carbons (Fsp3) is 0.588. The van der Waals surface area contributed by atoms with Crippen LogP contribution in [0.25, 0.3) is 0 Å². The van der Waals surface area contributed by atoms with E-state index < -0.39 is 0 Å². The van der Waals surface area contributed by atoms with Gasteiger partial charge in [-0.05, 0) is 42.4 Å². The number of nitrogens with zero attached hydrogens (tertiary/aromatic N) is 1. The van der Waals surface area contributed by atoms with Gasteiger partial charge in [0.15, 0.2) is 0 Å². The van der Waals surface area contributed by atoms with Crippen molar-refractivity contribution in [2.45, 2.75) is 39.5 Å². The third-order valence-electron chi connectivity index (χ3n) is 4.54. The zero-order chi connectivity index (χ0) is 14.7. The van der Waals surface area contributed by atoms with Crippen molar-refractivity contribution in [3.05, 3.63) is 34.9 Å². The molecule has 110 valence electrons. The Morgan fingerprint density at radius 2 is 1.70 bits per heavy atom. The number of hydrogen-bond acceptors (Lipinski definition) is 1. The summed E-state index contributed by atoms with van der Waals surface area (Å²) >= 11 is 5.93. The van der Waals surface area contributed by atoms with Crippen molar-refractivity contribution >= 4 is 17.5 Å². The van der Waals surface area contributed by atoms with Gasteiger partial charge >= 0.3 is 0 Å². The maximum atomic E-state index is 12.3. The Hall–Kier alpha value is -1.02. The SMILES string of the molecule is CC(C)C(C)C(=O)N1CCC(c2ccc(Cl)cc2)CC1. The monoisotopic (exact) mass is 293 g/mol. The molecule has 0 saturated carbocycles. The van der Waals surface area contributed by atoms with Crippen LogP contribution in [0.2, 0.25) is 5.02 Å². The molecule has 0 N–H and O–H groups in total. The lowest BCUT2D eigenvalue weighted by molar-refractivity contribution is -0.137. The van der Waals surface area contributed by atoms with Crippen molar-refractivity contribution in [1.29, 1.82) is 0 Å². The topological polar surface area (TPSA) is 20.3 Å². The third-order valence-corrected chi connectivity index (χ3v) is 4.79. The molecule has 0 bridgehead atoms. The summed E-state index contributed by atoms with van der Waals surface area (Å²) in [6.45, 7) is 8.02. The van der Waals surface area contributed by atoms with Crippen molar-refractivity contribution in [1.82, 2.24) is 4.90 Å². The molecule has 3 heteroatoms. The minimum atomic E-state index is 0.127. The third kappa shape index (κ3) is 3.54. The summed E-state index contributed by atoms with van der Waals surface area (Å²) in [5.41, 5.74) is 1.35. The van der Waals surface area contributed by atoms with Crippen molar-refractivity contribution in [2.75, 3.05) is 13.1 Å². The van der Waals surface area contributed by atoms with Crippen molar-refractivity contribution in [2.24, 2.45) is 11.8 Å². The molecule has 1 unspecified atom stereocenters. The van der Waals surface area contributed by atoms with Gasteiger partial charge in [-0.15, -0.1) is 0 Å². The van der Waals surface area contributed by atoms with Crippen LogP contribution < -0.4 is 0 Å². The molecule has 1 heterocycles. The molecule has 20 heavy (non-hydrogen) atoms. The number of halogens is 1. The van der Waals surface area contributed by atoms with E-state index in [-0.39, 0.29) is 5.92 Å². The molecule has 0 aliphatic carbocycles. The number of benzene rings is 1. The summed E-state index contributed by atoms with van der Waals surface area (Å²) in [5, 5.41) is 0.784. The minimum absolute atomic E-state index is 0.127. The first kappa shape index (κ1) is 15.4. The van der Waals surface area contributed by atoms with Crippen LogP contribution in [0.15, 0.2) is 24.3 Å². The van der Waals surface area contributed by atoms with Gasteiger partial charge in [-0.2, -0.15) is 0 Å². The van der Waals surface area contributed by atoms with Crippen molar-refractivity contribution < 1.29 is 4.79 Å². The molecule has 1 fully saturated rings. The molecule has 0 radical (unpaired) electrons. The van der Waals surface area contributed by atoms with Crippen LogP contribution in [0.4, 0.5) is 0 Å². The smallest absolute Gasteiger partial charge is 0.225 e. The van der Waals surface area contributed by atoms with Crippen LogP contribution in [-0.2, 0) is 4.79 Å². The molecule has 1 atom stereocenters. The second kappa shape index (κ2) is 6.62. The van der Waals surface area contributed by atoms with Gasteiger partial charge in [0, 0.05) is 24.0 Å². The van der Waals surface area contributed by atoms with E-state index in [0.717, 1.165) is 31.0 Å². The van der Waals surface area contributed by atoms with Gasteiger partial charge in [0.25, 0.3) is 0 Å². The normalized spacial score (nSPS) is 18.4. The predicted molar refractivity (Wildman–Crippen MR) is 84.0 cm³/mol. The van der Waals surface area contributed by atoms with Crippen LogP contribution in [0.1, 0.15) is 45.1 Å². The number of carbonyl (C=O) groups is 1. The number of carbonyl (C=O) groups excluding carboxylic acids is 1. The average molecular weight is 294 g/mol. The quantitative estimate of drug-likeness (QED) is 0.812. The molecule has 0 aromatic heterocycles. The number of amides is 1. The Balaban J connectivity index is 1.92. The number of rotatable bonds is 3. The molecule has 1 aliphatic heterocycles. The Morgan fingerprint density at radius 3 is 2.20 bits per heavy atom. The van der Waals surface area contributed by atoms with Crippen LogP contribution in [0, 0.1) is 11.8 Å². The van der Waals surface area contributed by atoms with Gasteiger partial charge in [-0.1, -0.05) is 44.5 Å². The standard InChI is InChI=1S/C17H24ClNO/c1-12(2)13(3)17(20)19-10-8-15(9-11-19)14-4-6-16(18)7-5-14/h4-7,12-13,15H,8-11H2,1-3H3. The van der Waals surface area contributed by atoms with E-state index in [9.17, 15) is 4.79 Å². The van der Waals surface area contributed by atoms with Gasteiger partial charge in [0.1, 0.15) is 0 Å². The van der Waals surface area contributed by atoms with E-state index in [0.29, 0.717) is 17.7 Å². The highest BCUT2D eigenvalue weighted by atomic mass is 35.5.